The molecule has 1 fully saturated rings. The Labute approximate surface area is 144 Å². The zero-order chi connectivity index (χ0) is 17.9. The number of rotatable bonds is 5. The fraction of sp³-hybridized carbons (Fsp3) is 0.222. The van der Waals surface area contributed by atoms with E-state index in [1.165, 1.54) is 0 Å². The van der Waals surface area contributed by atoms with Crippen molar-refractivity contribution in [1.82, 2.24) is 15.2 Å². The fourth-order valence-electron chi connectivity index (χ4n) is 2.61. The molecule has 2 aromatic rings. The molecule has 25 heavy (non-hydrogen) atoms. The number of imide groups is 1. The quantitative estimate of drug-likeness (QED) is 0.840. The number of hydrogen-bond acceptors (Lipinski definition) is 5. The van der Waals surface area contributed by atoms with E-state index in [9.17, 15) is 9.59 Å². The van der Waals surface area contributed by atoms with Crippen LogP contribution in [0, 0.1) is 11.3 Å². The summed E-state index contributed by atoms with van der Waals surface area (Å²) >= 11 is 0. The second kappa shape index (κ2) is 6.61. The monoisotopic (exact) mass is 336 g/mol. The van der Waals surface area contributed by atoms with Gasteiger partial charge in [0, 0.05) is 6.20 Å². The second-order valence-electron chi connectivity index (χ2n) is 5.71. The van der Waals surface area contributed by atoms with Gasteiger partial charge in [-0.3, -0.25) is 14.7 Å². The maximum Gasteiger partial charge on any atom is 0.325 e. The maximum absolute atomic E-state index is 12.7. The number of nitrogens with zero attached hydrogens (tertiary/aromatic N) is 3. The van der Waals surface area contributed by atoms with Crippen LogP contribution in [0.25, 0.3) is 0 Å². The van der Waals surface area contributed by atoms with Gasteiger partial charge in [-0.25, -0.2) is 4.79 Å². The van der Waals surface area contributed by atoms with Gasteiger partial charge in [-0.05, 0) is 43.3 Å². The molecule has 7 heteroatoms. The third-order valence-corrected chi connectivity index (χ3v) is 4.02. The number of hydrogen-bond donors (Lipinski definition) is 1. The summed E-state index contributed by atoms with van der Waals surface area (Å²) in [6.45, 7) is 1.91. The van der Waals surface area contributed by atoms with Gasteiger partial charge in [0.1, 0.15) is 12.4 Å². The van der Waals surface area contributed by atoms with Crippen LogP contribution in [0.2, 0.25) is 0 Å². The van der Waals surface area contributed by atoms with E-state index in [2.05, 4.69) is 10.3 Å². The molecule has 0 aliphatic carbocycles. The maximum atomic E-state index is 12.7. The van der Waals surface area contributed by atoms with Crippen LogP contribution in [0.5, 0.6) is 5.75 Å². The Hall–Kier alpha value is -3.40. The summed E-state index contributed by atoms with van der Waals surface area (Å²) in [6.07, 6.45) is 1.58. The highest BCUT2D eigenvalue weighted by molar-refractivity contribution is 6.06. The van der Waals surface area contributed by atoms with Crippen molar-refractivity contribution in [3.63, 3.8) is 0 Å². The Kier molecular flexibility index (Phi) is 4.35. The van der Waals surface area contributed by atoms with E-state index in [4.69, 9.17) is 10.00 Å². The van der Waals surface area contributed by atoms with Crippen molar-refractivity contribution in [2.45, 2.75) is 12.5 Å². The number of carbonyl (C=O) groups is 2. The minimum Gasteiger partial charge on any atom is -0.492 e. The first kappa shape index (κ1) is 16.5. The Morgan fingerprint density at radius 3 is 2.64 bits per heavy atom. The lowest BCUT2D eigenvalue weighted by Gasteiger charge is -2.20. The first-order valence-electron chi connectivity index (χ1n) is 7.73. The molecule has 126 valence electrons. The molecule has 1 aliphatic rings. The summed E-state index contributed by atoms with van der Waals surface area (Å²) in [5.41, 5.74) is -0.149. The van der Waals surface area contributed by atoms with E-state index >= 15 is 0 Å². The SMILES string of the molecule is C[C@@]1(c2ccccn2)NC(=O)N(CCOc2ccc(C#N)cc2)C1=O. The van der Waals surface area contributed by atoms with Crippen molar-refractivity contribution in [2.24, 2.45) is 0 Å². The van der Waals surface area contributed by atoms with Gasteiger partial charge >= 0.3 is 6.03 Å². The van der Waals surface area contributed by atoms with Gasteiger partial charge in [-0.1, -0.05) is 6.07 Å². The number of urea groups is 1. The largest absolute Gasteiger partial charge is 0.492 e. The lowest BCUT2D eigenvalue weighted by Crippen LogP contribution is -2.42. The highest BCUT2D eigenvalue weighted by atomic mass is 16.5. The smallest absolute Gasteiger partial charge is 0.325 e. The third-order valence-electron chi connectivity index (χ3n) is 4.02. The van der Waals surface area contributed by atoms with Crippen molar-refractivity contribution >= 4 is 11.9 Å². The zero-order valence-electron chi connectivity index (χ0n) is 13.6. The van der Waals surface area contributed by atoms with Crippen molar-refractivity contribution < 1.29 is 14.3 Å². The van der Waals surface area contributed by atoms with Crippen molar-refractivity contribution in [3.8, 4) is 11.8 Å². The highest BCUT2D eigenvalue weighted by Crippen LogP contribution is 2.27. The van der Waals surface area contributed by atoms with E-state index in [-0.39, 0.29) is 19.1 Å². The summed E-state index contributed by atoms with van der Waals surface area (Å²) in [4.78, 5) is 30.1. The predicted octanol–water partition coefficient (Wildman–Crippen LogP) is 1.80. The van der Waals surface area contributed by atoms with Crippen molar-refractivity contribution in [3.05, 3.63) is 59.9 Å². The molecule has 3 amide bonds. The molecule has 7 nitrogen and oxygen atoms in total. The van der Waals surface area contributed by atoms with Crippen LogP contribution in [-0.2, 0) is 10.3 Å². The minimum atomic E-state index is -1.17. The standard InChI is InChI=1S/C18H16N4O3/c1-18(15-4-2-3-9-20-15)16(23)22(17(24)21-18)10-11-25-14-7-5-13(12-19)6-8-14/h2-9H,10-11H2,1H3,(H,21,24)/t18-/m0/s1. The molecule has 1 aromatic heterocycles. The second-order valence-corrected chi connectivity index (χ2v) is 5.71. The van der Waals surface area contributed by atoms with Gasteiger partial charge in [0.2, 0.25) is 0 Å². The van der Waals surface area contributed by atoms with E-state index in [1.807, 2.05) is 6.07 Å². The molecule has 0 unspecified atom stereocenters. The van der Waals surface area contributed by atoms with Crippen molar-refractivity contribution in [1.29, 1.82) is 5.26 Å². The van der Waals surface area contributed by atoms with E-state index < -0.39 is 11.6 Å². The van der Waals surface area contributed by atoms with E-state index in [1.54, 1.807) is 55.6 Å². The van der Waals surface area contributed by atoms with Crippen LogP contribution in [0.1, 0.15) is 18.2 Å². The first-order chi connectivity index (χ1) is 12.0. The average Bonchev–Trinajstić information content (AvgIpc) is 2.87. The number of nitriles is 1. The van der Waals surface area contributed by atoms with E-state index in [0.29, 0.717) is 17.0 Å². The van der Waals surface area contributed by atoms with Crippen LogP contribution in [-0.4, -0.2) is 35.0 Å². The summed E-state index contributed by atoms with van der Waals surface area (Å²) in [7, 11) is 0. The summed E-state index contributed by atoms with van der Waals surface area (Å²) in [6, 6.07) is 13.4. The molecule has 0 bridgehead atoms. The van der Waals surface area contributed by atoms with Gasteiger partial charge in [0.15, 0.2) is 5.54 Å². The summed E-state index contributed by atoms with van der Waals surface area (Å²) in [5, 5.41) is 11.5. The van der Waals surface area contributed by atoms with Crippen LogP contribution in [0.15, 0.2) is 48.7 Å². The normalized spacial score (nSPS) is 19.4. The number of benzene rings is 1. The summed E-state index contributed by atoms with van der Waals surface area (Å²) in [5.74, 6) is 0.207. The van der Waals surface area contributed by atoms with Gasteiger partial charge in [-0.2, -0.15) is 5.26 Å². The number of ether oxygens (including phenoxy) is 1. The Morgan fingerprint density at radius 1 is 1.24 bits per heavy atom. The third kappa shape index (κ3) is 3.15. The first-order valence-corrected chi connectivity index (χ1v) is 7.73. The van der Waals surface area contributed by atoms with Crippen molar-refractivity contribution in [2.75, 3.05) is 13.2 Å². The topological polar surface area (TPSA) is 95.3 Å². The molecule has 3 rings (SSSR count). The molecule has 1 saturated heterocycles. The average molecular weight is 336 g/mol. The Balaban J connectivity index is 1.64. The lowest BCUT2D eigenvalue weighted by molar-refractivity contribution is -0.131. The molecule has 0 radical (unpaired) electrons. The van der Waals surface area contributed by atoms with Crippen LogP contribution < -0.4 is 10.1 Å². The number of pyridine rings is 1. The molecule has 0 spiro atoms. The van der Waals surface area contributed by atoms with E-state index in [0.717, 1.165) is 4.90 Å². The van der Waals surface area contributed by atoms with Crippen LogP contribution >= 0.6 is 0 Å². The molecular weight excluding hydrogens is 320 g/mol. The van der Waals surface area contributed by atoms with Gasteiger partial charge in [-0.15, -0.1) is 0 Å². The Bertz CT molecular complexity index is 830. The lowest BCUT2D eigenvalue weighted by atomic mass is 9.97. The highest BCUT2D eigenvalue weighted by Gasteiger charge is 2.49. The van der Waals surface area contributed by atoms with Crippen LogP contribution in [0.4, 0.5) is 4.79 Å². The summed E-state index contributed by atoms with van der Waals surface area (Å²) < 4.78 is 5.54. The number of aromatic nitrogens is 1. The molecule has 1 aromatic carbocycles. The van der Waals surface area contributed by atoms with Gasteiger partial charge < -0.3 is 10.1 Å². The zero-order valence-corrected chi connectivity index (χ0v) is 13.6. The molecule has 1 aliphatic heterocycles. The molecule has 0 saturated carbocycles. The van der Waals surface area contributed by atoms with Gasteiger partial charge in [0.25, 0.3) is 5.91 Å². The molecule has 1 atom stereocenters. The fourth-order valence-corrected chi connectivity index (χ4v) is 2.61. The van der Waals surface area contributed by atoms with Crippen LogP contribution in [0.3, 0.4) is 0 Å². The molecule has 1 N–H and O–H groups in total. The number of nitrogens with one attached hydrogen (secondary N) is 1. The minimum absolute atomic E-state index is 0.118. The molecule has 2 heterocycles. The predicted molar refractivity (Wildman–Crippen MR) is 88.5 cm³/mol. The number of amides is 3. The van der Waals surface area contributed by atoms with Gasteiger partial charge in [0.05, 0.1) is 23.9 Å². The Morgan fingerprint density at radius 2 is 2.00 bits per heavy atom. The molecular formula is C18H16N4O3. The number of carbonyl (C=O) groups excluding carboxylic acids is 2.